The number of halogens is 1. The van der Waals surface area contributed by atoms with Gasteiger partial charge in [-0.1, -0.05) is 35.5 Å². The lowest BCUT2D eigenvalue weighted by Crippen LogP contribution is -2.33. The fraction of sp³-hybridized carbons (Fsp3) is 0.500. The molecule has 4 rings (SSSR count). The average molecular weight is 446 g/mol. The van der Waals surface area contributed by atoms with Crippen LogP contribution in [0.1, 0.15) is 41.6 Å². The van der Waals surface area contributed by atoms with Crippen LogP contribution >= 0.6 is 23.4 Å². The van der Waals surface area contributed by atoms with Crippen LogP contribution in [0.3, 0.4) is 0 Å². The first-order valence-electron chi connectivity index (χ1n) is 10.7. The quantitative estimate of drug-likeness (QED) is 0.378. The molecule has 0 radical (unpaired) electrons. The summed E-state index contributed by atoms with van der Waals surface area (Å²) in [7, 11) is 0. The summed E-state index contributed by atoms with van der Waals surface area (Å²) in [6.07, 6.45) is 4.94. The largest absolute Gasteiger partial charge is 0.356 e. The number of nitrogens with one attached hydrogen (secondary N) is 1. The Balaban J connectivity index is 1.27. The first-order valence-corrected chi connectivity index (χ1v) is 12.1. The summed E-state index contributed by atoms with van der Waals surface area (Å²) < 4.78 is 0. The smallest absolute Gasteiger partial charge is 0.251 e. The second-order valence-electron chi connectivity index (χ2n) is 7.82. The van der Waals surface area contributed by atoms with Crippen molar-refractivity contribution >= 4 is 35.1 Å². The maximum Gasteiger partial charge on any atom is 0.251 e. The molecule has 6 nitrogen and oxygen atoms in total. The van der Waals surface area contributed by atoms with Crippen molar-refractivity contribution in [3.8, 4) is 0 Å². The van der Waals surface area contributed by atoms with E-state index in [-0.39, 0.29) is 5.91 Å². The first-order chi connectivity index (χ1) is 14.7. The number of nitrogens with zero attached hydrogens (tertiary/aromatic N) is 4. The van der Waals surface area contributed by atoms with E-state index in [4.69, 9.17) is 11.6 Å². The molecule has 8 heteroatoms. The number of likely N-dealkylation sites (tertiary alicyclic amines) is 1. The van der Waals surface area contributed by atoms with E-state index < -0.39 is 0 Å². The van der Waals surface area contributed by atoms with Gasteiger partial charge in [0.2, 0.25) is 0 Å². The van der Waals surface area contributed by atoms with Crippen molar-refractivity contribution in [2.45, 2.75) is 36.6 Å². The van der Waals surface area contributed by atoms with Crippen LogP contribution in [0.2, 0.25) is 5.15 Å². The van der Waals surface area contributed by atoms with Crippen LogP contribution in [0.5, 0.6) is 0 Å². The second-order valence-corrected chi connectivity index (χ2v) is 9.15. The molecule has 1 aromatic heterocycles. The van der Waals surface area contributed by atoms with E-state index in [1.54, 1.807) is 11.8 Å². The molecule has 160 valence electrons. The Bertz CT molecular complexity index is 851. The highest BCUT2D eigenvalue weighted by Crippen LogP contribution is 2.26. The molecule has 2 saturated heterocycles. The van der Waals surface area contributed by atoms with E-state index in [0.717, 1.165) is 49.9 Å². The van der Waals surface area contributed by atoms with Crippen LogP contribution in [0, 0.1) is 0 Å². The topological polar surface area (TPSA) is 61.4 Å². The molecule has 2 aliphatic rings. The van der Waals surface area contributed by atoms with Gasteiger partial charge in [-0.3, -0.25) is 4.79 Å². The molecule has 1 amide bonds. The van der Waals surface area contributed by atoms with Gasteiger partial charge in [0.05, 0.1) is 0 Å². The van der Waals surface area contributed by atoms with Crippen molar-refractivity contribution in [3.63, 3.8) is 0 Å². The zero-order valence-electron chi connectivity index (χ0n) is 17.1. The van der Waals surface area contributed by atoms with E-state index in [1.165, 1.54) is 25.7 Å². The van der Waals surface area contributed by atoms with Gasteiger partial charge in [-0.05, 0) is 56.5 Å². The molecule has 1 N–H and O–H groups in total. The number of hydrogen-bond donors (Lipinski definition) is 1. The number of amides is 1. The normalized spacial score (nSPS) is 16.9. The number of hydrogen-bond acceptors (Lipinski definition) is 6. The number of rotatable bonds is 8. The molecule has 30 heavy (non-hydrogen) atoms. The molecule has 0 aliphatic carbocycles. The van der Waals surface area contributed by atoms with E-state index in [9.17, 15) is 4.79 Å². The van der Waals surface area contributed by atoms with Gasteiger partial charge in [0, 0.05) is 43.6 Å². The van der Waals surface area contributed by atoms with E-state index in [2.05, 4.69) is 25.1 Å². The molecule has 0 unspecified atom stereocenters. The molecular formula is C22H28ClN5OS. The summed E-state index contributed by atoms with van der Waals surface area (Å²) >= 11 is 7.77. The molecule has 0 atom stereocenters. The van der Waals surface area contributed by atoms with Crippen molar-refractivity contribution in [1.82, 2.24) is 20.2 Å². The summed E-state index contributed by atoms with van der Waals surface area (Å²) in [6, 6.07) is 9.60. The maximum absolute atomic E-state index is 12.3. The third-order valence-electron chi connectivity index (χ3n) is 5.59. The summed E-state index contributed by atoms with van der Waals surface area (Å²) in [5.74, 6) is 1.63. The van der Waals surface area contributed by atoms with Crippen LogP contribution in [-0.2, 0) is 5.75 Å². The van der Waals surface area contributed by atoms with Gasteiger partial charge in [0.1, 0.15) is 11.0 Å². The molecular weight excluding hydrogens is 418 g/mol. The number of carbonyl (C=O) groups is 1. The predicted molar refractivity (Wildman–Crippen MR) is 122 cm³/mol. The Morgan fingerprint density at radius 3 is 2.47 bits per heavy atom. The third-order valence-corrected chi connectivity index (χ3v) is 6.70. The zero-order valence-corrected chi connectivity index (χ0v) is 18.7. The van der Waals surface area contributed by atoms with Crippen LogP contribution in [0.4, 0.5) is 5.82 Å². The van der Waals surface area contributed by atoms with Crippen LogP contribution in [0.15, 0.2) is 35.5 Å². The first kappa shape index (κ1) is 21.4. The van der Waals surface area contributed by atoms with Gasteiger partial charge in [-0.2, -0.15) is 0 Å². The Morgan fingerprint density at radius 2 is 1.73 bits per heavy atom. The Hall–Kier alpha value is -1.83. The van der Waals surface area contributed by atoms with Crippen molar-refractivity contribution in [1.29, 1.82) is 0 Å². The highest BCUT2D eigenvalue weighted by atomic mass is 35.5. The molecule has 2 aliphatic heterocycles. The summed E-state index contributed by atoms with van der Waals surface area (Å²) in [5, 5.41) is 4.19. The molecule has 2 aromatic rings. The van der Waals surface area contributed by atoms with Crippen LogP contribution < -0.4 is 10.2 Å². The summed E-state index contributed by atoms with van der Waals surface area (Å²) in [5.41, 5.74) is 1.82. The summed E-state index contributed by atoms with van der Waals surface area (Å²) in [4.78, 5) is 26.0. The van der Waals surface area contributed by atoms with E-state index in [1.807, 2.05) is 30.3 Å². The minimum Gasteiger partial charge on any atom is -0.356 e. The average Bonchev–Trinajstić information content (AvgIpc) is 3.46. The molecule has 0 saturated carbocycles. The highest BCUT2D eigenvalue weighted by molar-refractivity contribution is 7.98. The fourth-order valence-electron chi connectivity index (χ4n) is 3.89. The van der Waals surface area contributed by atoms with Crippen molar-refractivity contribution < 1.29 is 4.79 Å². The van der Waals surface area contributed by atoms with E-state index in [0.29, 0.717) is 22.4 Å². The number of aromatic nitrogens is 2. The van der Waals surface area contributed by atoms with Gasteiger partial charge in [0.25, 0.3) is 5.91 Å². The lowest BCUT2D eigenvalue weighted by Gasteiger charge is -2.16. The number of thioether (sulfide) groups is 1. The van der Waals surface area contributed by atoms with Crippen molar-refractivity contribution in [3.05, 3.63) is 46.6 Å². The third kappa shape index (κ3) is 5.86. The second kappa shape index (κ2) is 10.5. The molecule has 0 bridgehead atoms. The van der Waals surface area contributed by atoms with Crippen LogP contribution in [0.25, 0.3) is 0 Å². The Labute approximate surface area is 187 Å². The van der Waals surface area contributed by atoms with Gasteiger partial charge < -0.3 is 15.1 Å². The Morgan fingerprint density at radius 1 is 1.03 bits per heavy atom. The van der Waals surface area contributed by atoms with Crippen molar-refractivity contribution in [2.75, 3.05) is 44.2 Å². The molecule has 0 spiro atoms. The fourth-order valence-corrected chi connectivity index (χ4v) is 4.93. The van der Waals surface area contributed by atoms with Gasteiger partial charge >= 0.3 is 0 Å². The minimum absolute atomic E-state index is 0.0122. The number of anilines is 1. The Kier molecular flexibility index (Phi) is 7.47. The molecule has 1 aromatic carbocycles. The summed E-state index contributed by atoms with van der Waals surface area (Å²) in [6.45, 7) is 5.98. The zero-order chi connectivity index (χ0) is 20.8. The number of benzene rings is 1. The minimum atomic E-state index is -0.0122. The lowest BCUT2D eigenvalue weighted by atomic mass is 10.1. The molecule has 3 heterocycles. The standard InChI is InChI=1S/C22H28ClN5OS/c23-19-15-20(28-12-3-4-13-28)26-22(25-19)30-16-17-5-7-18(8-6-17)21(29)24-9-14-27-10-1-2-11-27/h5-8,15H,1-4,9-14,16H2,(H,24,29). The van der Waals surface area contributed by atoms with Crippen LogP contribution in [-0.4, -0.2) is 60.0 Å². The molecule has 2 fully saturated rings. The van der Waals surface area contributed by atoms with E-state index >= 15 is 0 Å². The predicted octanol–water partition coefficient (Wildman–Crippen LogP) is 3.85. The lowest BCUT2D eigenvalue weighted by molar-refractivity contribution is 0.0949. The van der Waals surface area contributed by atoms with Gasteiger partial charge in [-0.15, -0.1) is 0 Å². The van der Waals surface area contributed by atoms with Gasteiger partial charge in [0.15, 0.2) is 5.16 Å². The van der Waals surface area contributed by atoms with Gasteiger partial charge in [-0.25, -0.2) is 9.97 Å². The highest BCUT2D eigenvalue weighted by Gasteiger charge is 2.16. The monoisotopic (exact) mass is 445 g/mol. The number of carbonyl (C=O) groups excluding carboxylic acids is 1. The van der Waals surface area contributed by atoms with Crippen molar-refractivity contribution in [2.24, 2.45) is 0 Å². The SMILES string of the molecule is O=C(NCCN1CCCC1)c1ccc(CSc2nc(Cl)cc(N3CCCC3)n2)cc1. The maximum atomic E-state index is 12.3.